The van der Waals surface area contributed by atoms with E-state index in [1.807, 2.05) is 55.8 Å². The topological polar surface area (TPSA) is 34.9 Å². The lowest BCUT2D eigenvalue weighted by Crippen LogP contribution is -2.17. The lowest BCUT2D eigenvalue weighted by molar-refractivity contribution is 0.0933. The van der Waals surface area contributed by atoms with E-state index in [1.54, 1.807) is 6.20 Å². The van der Waals surface area contributed by atoms with Gasteiger partial charge in [-0.3, -0.25) is 4.79 Å². The number of hydrogen-bond donors (Lipinski definition) is 0. The van der Waals surface area contributed by atoms with Crippen molar-refractivity contribution in [3.8, 4) is 0 Å². The van der Waals surface area contributed by atoms with Crippen LogP contribution in [0.4, 0.5) is 0 Å². The van der Waals surface area contributed by atoms with Crippen molar-refractivity contribution in [3.05, 3.63) is 53.6 Å². The van der Waals surface area contributed by atoms with E-state index in [1.165, 1.54) is 0 Å². The Hall–Kier alpha value is -1.90. The van der Waals surface area contributed by atoms with E-state index in [2.05, 4.69) is 4.98 Å². The highest BCUT2D eigenvalue weighted by Crippen LogP contribution is 2.16. The number of carbonyl (C=O) groups excluding carboxylic acids is 1. The van der Waals surface area contributed by atoms with Gasteiger partial charge in [0, 0.05) is 18.0 Å². The Balaban J connectivity index is 2.26. The number of Topliss-reactive ketones (excluding diaryl/α,β-unsaturated/α-hetero) is 1. The molecule has 0 radical (unpaired) electrons. The lowest BCUT2D eigenvalue weighted by atomic mass is 10.0. The number of aromatic nitrogens is 2. The zero-order chi connectivity index (χ0) is 12.4. The quantitative estimate of drug-likeness (QED) is 0.757. The molecule has 0 saturated heterocycles. The van der Waals surface area contributed by atoms with E-state index in [0.29, 0.717) is 0 Å². The van der Waals surface area contributed by atoms with E-state index in [-0.39, 0.29) is 11.8 Å². The van der Waals surface area contributed by atoms with Gasteiger partial charge in [0.1, 0.15) is 5.82 Å². The molecule has 1 aromatic carbocycles. The molecule has 1 atom stereocenters. The fourth-order valence-corrected chi connectivity index (χ4v) is 1.88. The van der Waals surface area contributed by atoms with Crippen LogP contribution in [-0.4, -0.2) is 15.3 Å². The fourth-order valence-electron chi connectivity index (χ4n) is 1.88. The van der Waals surface area contributed by atoms with Gasteiger partial charge in [0.2, 0.25) is 0 Å². The van der Waals surface area contributed by atoms with E-state index < -0.39 is 0 Å². The molecule has 0 bridgehead atoms. The van der Waals surface area contributed by atoms with Gasteiger partial charge in [-0.05, 0) is 20.8 Å². The van der Waals surface area contributed by atoms with Gasteiger partial charge in [0.05, 0.1) is 6.04 Å². The third-order valence-corrected chi connectivity index (χ3v) is 3.00. The maximum Gasteiger partial charge on any atom is 0.185 e. The molecule has 0 fully saturated rings. The van der Waals surface area contributed by atoms with E-state index in [0.717, 1.165) is 17.0 Å². The highest BCUT2D eigenvalue weighted by Gasteiger charge is 2.17. The second-order valence-electron chi connectivity index (χ2n) is 4.29. The second-order valence-corrected chi connectivity index (χ2v) is 4.29. The molecule has 3 heteroatoms. The summed E-state index contributed by atoms with van der Waals surface area (Å²) in [6.45, 7) is 5.81. The molecule has 0 aliphatic carbocycles. The van der Waals surface area contributed by atoms with Crippen molar-refractivity contribution in [1.82, 2.24) is 9.55 Å². The molecule has 17 heavy (non-hydrogen) atoms. The van der Waals surface area contributed by atoms with Gasteiger partial charge < -0.3 is 4.57 Å². The summed E-state index contributed by atoms with van der Waals surface area (Å²) in [5.74, 6) is 0.976. The zero-order valence-electron chi connectivity index (χ0n) is 10.3. The molecule has 2 rings (SSSR count). The van der Waals surface area contributed by atoms with Crippen LogP contribution >= 0.6 is 0 Å². The third kappa shape index (κ3) is 2.28. The van der Waals surface area contributed by atoms with Crippen LogP contribution in [0.15, 0.2) is 36.7 Å². The zero-order valence-corrected chi connectivity index (χ0v) is 10.3. The van der Waals surface area contributed by atoms with Gasteiger partial charge in [-0.2, -0.15) is 0 Å². The van der Waals surface area contributed by atoms with Crippen LogP contribution in [0.1, 0.15) is 34.7 Å². The van der Waals surface area contributed by atoms with Crippen molar-refractivity contribution >= 4 is 5.78 Å². The van der Waals surface area contributed by atoms with Crippen molar-refractivity contribution < 1.29 is 4.79 Å². The number of aryl methyl sites for hydroxylation is 2. The van der Waals surface area contributed by atoms with Gasteiger partial charge in [-0.1, -0.05) is 29.8 Å². The molecule has 0 spiro atoms. The van der Waals surface area contributed by atoms with Gasteiger partial charge in [0.25, 0.3) is 0 Å². The monoisotopic (exact) mass is 228 g/mol. The van der Waals surface area contributed by atoms with Gasteiger partial charge >= 0.3 is 0 Å². The number of imidazole rings is 1. The minimum absolute atomic E-state index is 0.117. The molecule has 0 aliphatic heterocycles. The summed E-state index contributed by atoms with van der Waals surface area (Å²) in [6, 6.07) is 7.46. The van der Waals surface area contributed by atoms with Crippen LogP contribution in [0.25, 0.3) is 0 Å². The molecule has 2 aromatic rings. The molecule has 0 N–H and O–H groups in total. The maximum absolute atomic E-state index is 12.3. The number of nitrogens with zero attached hydrogens (tertiary/aromatic N) is 2. The van der Waals surface area contributed by atoms with Crippen molar-refractivity contribution in [2.75, 3.05) is 0 Å². The average molecular weight is 228 g/mol. The Kier molecular flexibility index (Phi) is 3.09. The molecule has 0 saturated carbocycles. The van der Waals surface area contributed by atoms with Crippen molar-refractivity contribution in [2.45, 2.75) is 26.8 Å². The standard InChI is InChI=1S/C14H16N2O/c1-10-4-6-13(7-5-10)14(17)11(2)16-9-8-15-12(16)3/h4-9,11H,1-3H3. The number of carbonyl (C=O) groups is 1. The first-order valence-electron chi connectivity index (χ1n) is 5.70. The second kappa shape index (κ2) is 4.53. The Labute approximate surface area is 101 Å². The van der Waals surface area contributed by atoms with Crippen molar-refractivity contribution in [1.29, 1.82) is 0 Å². The van der Waals surface area contributed by atoms with E-state index in [4.69, 9.17) is 0 Å². The summed E-state index contributed by atoms with van der Waals surface area (Å²) < 4.78 is 1.89. The van der Waals surface area contributed by atoms with Gasteiger partial charge in [-0.15, -0.1) is 0 Å². The van der Waals surface area contributed by atoms with E-state index >= 15 is 0 Å². The molecule has 1 unspecified atom stereocenters. The minimum Gasteiger partial charge on any atom is -0.325 e. The fraction of sp³-hybridized carbons (Fsp3) is 0.286. The normalized spacial score (nSPS) is 12.4. The van der Waals surface area contributed by atoms with Gasteiger partial charge in [-0.25, -0.2) is 4.98 Å². The number of rotatable bonds is 3. The Bertz CT molecular complexity index is 525. The Morgan fingerprint density at radius 2 is 1.88 bits per heavy atom. The summed E-state index contributed by atoms with van der Waals surface area (Å²) in [5, 5.41) is 0. The Morgan fingerprint density at radius 1 is 1.24 bits per heavy atom. The SMILES string of the molecule is Cc1ccc(C(=O)C(C)n2ccnc2C)cc1. The summed E-state index contributed by atoms with van der Waals surface area (Å²) in [4.78, 5) is 16.4. The molecule has 0 aliphatic rings. The average Bonchev–Trinajstić information content (AvgIpc) is 2.74. The predicted molar refractivity (Wildman–Crippen MR) is 67.2 cm³/mol. The first-order valence-corrected chi connectivity index (χ1v) is 5.70. The van der Waals surface area contributed by atoms with Crippen LogP contribution in [0, 0.1) is 13.8 Å². The molecule has 0 amide bonds. The summed E-state index contributed by atoms with van der Waals surface area (Å²) in [6.07, 6.45) is 3.56. The summed E-state index contributed by atoms with van der Waals surface area (Å²) >= 11 is 0. The molecule has 1 heterocycles. The minimum atomic E-state index is -0.208. The van der Waals surface area contributed by atoms with Gasteiger partial charge in [0.15, 0.2) is 5.78 Å². The third-order valence-electron chi connectivity index (χ3n) is 3.00. The first-order chi connectivity index (χ1) is 8.09. The smallest absolute Gasteiger partial charge is 0.185 e. The number of ketones is 1. The van der Waals surface area contributed by atoms with Crippen LogP contribution in [0.5, 0.6) is 0 Å². The highest BCUT2D eigenvalue weighted by molar-refractivity contribution is 5.98. The maximum atomic E-state index is 12.3. The molecule has 88 valence electrons. The molecule has 3 nitrogen and oxygen atoms in total. The van der Waals surface area contributed by atoms with Crippen LogP contribution in [0.3, 0.4) is 0 Å². The molecular weight excluding hydrogens is 212 g/mol. The highest BCUT2D eigenvalue weighted by atomic mass is 16.1. The lowest BCUT2D eigenvalue weighted by Gasteiger charge is -2.14. The first kappa shape index (κ1) is 11.6. The summed E-state index contributed by atoms with van der Waals surface area (Å²) in [7, 11) is 0. The predicted octanol–water partition coefficient (Wildman–Crippen LogP) is 2.94. The van der Waals surface area contributed by atoms with Crippen LogP contribution < -0.4 is 0 Å². The molecular formula is C14H16N2O. The largest absolute Gasteiger partial charge is 0.325 e. The van der Waals surface area contributed by atoms with Crippen molar-refractivity contribution in [3.63, 3.8) is 0 Å². The summed E-state index contributed by atoms with van der Waals surface area (Å²) in [5.41, 5.74) is 1.91. The number of hydrogen-bond acceptors (Lipinski definition) is 2. The number of benzene rings is 1. The molecule has 1 aromatic heterocycles. The van der Waals surface area contributed by atoms with Crippen LogP contribution in [0.2, 0.25) is 0 Å². The van der Waals surface area contributed by atoms with Crippen molar-refractivity contribution in [2.24, 2.45) is 0 Å². The van der Waals surface area contributed by atoms with E-state index in [9.17, 15) is 4.79 Å². The van der Waals surface area contributed by atoms with Crippen LogP contribution in [-0.2, 0) is 0 Å². The Morgan fingerprint density at radius 3 is 2.41 bits per heavy atom.